The Morgan fingerprint density at radius 1 is 1.38 bits per heavy atom. The summed E-state index contributed by atoms with van der Waals surface area (Å²) in [6.07, 6.45) is 1.69. The Kier molecular flexibility index (Phi) is 4.02. The van der Waals surface area contributed by atoms with Crippen molar-refractivity contribution in [3.63, 3.8) is 0 Å². The number of nitrogens with zero attached hydrogens (tertiary/aromatic N) is 1. The minimum atomic E-state index is -0.968. The van der Waals surface area contributed by atoms with Gasteiger partial charge in [-0.15, -0.1) is 0 Å². The molecule has 0 bridgehead atoms. The topological polar surface area (TPSA) is 72.6 Å². The first-order valence-corrected chi connectivity index (χ1v) is 6.70. The molecule has 0 aliphatic rings. The first kappa shape index (κ1) is 15.1. The molecule has 0 radical (unpaired) electrons. The molecule has 0 amide bonds. The van der Waals surface area contributed by atoms with E-state index < -0.39 is 5.97 Å². The Hall–Kier alpha value is -2.30. The van der Waals surface area contributed by atoms with Gasteiger partial charge in [-0.2, -0.15) is 0 Å². The van der Waals surface area contributed by atoms with Crippen LogP contribution in [0.15, 0.2) is 28.8 Å². The minimum Gasteiger partial charge on any atom is -0.484 e. The molecule has 1 aromatic heterocycles. The molecule has 0 unspecified atom stereocenters. The fraction of sp³-hybridized carbons (Fsp3) is 0.375. The van der Waals surface area contributed by atoms with Gasteiger partial charge in [-0.3, -0.25) is 0 Å². The van der Waals surface area contributed by atoms with Gasteiger partial charge in [0.1, 0.15) is 11.5 Å². The predicted molar refractivity (Wildman–Crippen MR) is 77.7 cm³/mol. The lowest BCUT2D eigenvalue weighted by molar-refractivity contribution is 0.0695. The van der Waals surface area contributed by atoms with E-state index in [1.165, 1.54) is 0 Å². The van der Waals surface area contributed by atoms with E-state index >= 15 is 0 Å². The second-order valence-electron chi connectivity index (χ2n) is 5.89. The van der Waals surface area contributed by atoms with E-state index in [2.05, 4.69) is 4.98 Å². The van der Waals surface area contributed by atoms with Crippen LogP contribution in [0.2, 0.25) is 0 Å². The van der Waals surface area contributed by atoms with Gasteiger partial charge < -0.3 is 14.3 Å². The molecule has 2 rings (SSSR count). The molecule has 5 nitrogen and oxygen atoms in total. The summed E-state index contributed by atoms with van der Waals surface area (Å²) >= 11 is 0. The van der Waals surface area contributed by atoms with Crippen LogP contribution in [0.3, 0.4) is 0 Å². The molecule has 0 saturated carbocycles. The highest BCUT2D eigenvalue weighted by Gasteiger charge is 2.19. The van der Waals surface area contributed by atoms with Crippen LogP contribution in [-0.2, 0) is 12.0 Å². The quantitative estimate of drug-likeness (QED) is 0.931. The summed E-state index contributed by atoms with van der Waals surface area (Å²) in [5.41, 5.74) is 0.715. The Morgan fingerprint density at radius 2 is 2.10 bits per heavy atom. The van der Waals surface area contributed by atoms with E-state index in [-0.39, 0.29) is 17.6 Å². The number of rotatable bonds is 4. The van der Waals surface area contributed by atoms with Crippen LogP contribution in [0.1, 0.15) is 48.3 Å². The molecule has 0 saturated heterocycles. The average molecular weight is 289 g/mol. The fourth-order valence-electron chi connectivity index (χ4n) is 1.87. The maximum atomic E-state index is 11.1. The summed E-state index contributed by atoms with van der Waals surface area (Å²) < 4.78 is 11.3. The Balaban J connectivity index is 2.12. The molecule has 1 aromatic carbocycles. The van der Waals surface area contributed by atoms with Crippen molar-refractivity contribution in [1.82, 2.24) is 4.98 Å². The lowest BCUT2D eigenvalue weighted by atomic mass is 9.94. The first-order valence-electron chi connectivity index (χ1n) is 6.70. The van der Waals surface area contributed by atoms with Crippen LogP contribution >= 0.6 is 0 Å². The molecule has 112 valence electrons. The highest BCUT2D eigenvalue weighted by Crippen LogP contribution is 2.25. The van der Waals surface area contributed by atoms with Crippen molar-refractivity contribution in [2.75, 3.05) is 0 Å². The van der Waals surface area contributed by atoms with Crippen molar-refractivity contribution in [3.8, 4) is 5.75 Å². The van der Waals surface area contributed by atoms with Gasteiger partial charge in [-0.05, 0) is 19.1 Å². The van der Waals surface area contributed by atoms with Gasteiger partial charge in [0.05, 0.1) is 11.8 Å². The van der Waals surface area contributed by atoms with Gasteiger partial charge in [0, 0.05) is 11.0 Å². The highest BCUT2D eigenvalue weighted by molar-refractivity contribution is 5.90. The third kappa shape index (κ3) is 3.42. The molecule has 0 aliphatic heterocycles. The molecule has 0 fully saturated rings. The predicted octanol–water partition coefficient (Wildman–Crippen LogP) is 3.56. The Morgan fingerprint density at radius 3 is 2.67 bits per heavy atom. The second kappa shape index (κ2) is 5.60. The van der Waals surface area contributed by atoms with Crippen LogP contribution in [0.25, 0.3) is 0 Å². The van der Waals surface area contributed by atoms with Gasteiger partial charge in [-0.1, -0.05) is 26.8 Å². The molecular weight excluding hydrogens is 270 g/mol. The normalized spacial score (nSPS) is 11.4. The Bertz CT molecular complexity index is 653. The van der Waals surface area contributed by atoms with Gasteiger partial charge >= 0.3 is 5.97 Å². The molecule has 0 spiro atoms. The average Bonchev–Trinajstić information content (AvgIpc) is 2.86. The number of carboxylic acid groups (broad SMARTS) is 1. The summed E-state index contributed by atoms with van der Waals surface area (Å²) in [4.78, 5) is 15.3. The number of hydrogen-bond donors (Lipinski definition) is 1. The highest BCUT2D eigenvalue weighted by atomic mass is 16.5. The lowest BCUT2D eigenvalue weighted by Gasteiger charge is -2.13. The van der Waals surface area contributed by atoms with Crippen molar-refractivity contribution in [2.24, 2.45) is 0 Å². The number of carboxylic acids is 1. The van der Waals surface area contributed by atoms with Crippen molar-refractivity contribution in [1.29, 1.82) is 0 Å². The molecule has 0 atom stereocenters. The van der Waals surface area contributed by atoms with Crippen molar-refractivity contribution < 1.29 is 19.1 Å². The summed E-state index contributed by atoms with van der Waals surface area (Å²) in [5.74, 6) is 0.812. The summed E-state index contributed by atoms with van der Waals surface area (Å²) in [7, 11) is 0. The number of ether oxygens (including phenoxy) is 1. The van der Waals surface area contributed by atoms with Crippen LogP contribution in [0, 0.1) is 6.92 Å². The number of hydrogen-bond acceptors (Lipinski definition) is 4. The van der Waals surface area contributed by atoms with Crippen molar-refractivity contribution in [2.45, 2.75) is 39.7 Å². The molecule has 21 heavy (non-hydrogen) atoms. The van der Waals surface area contributed by atoms with Gasteiger partial charge in [0.25, 0.3) is 0 Å². The Labute approximate surface area is 123 Å². The second-order valence-corrected chi connectivity index (χ2v) is 5.89. The van der Waals surface area contributed by atoms with Gasteiger partial charge in [-0.25, -0.2) is 9.78 Å². The fourth-order valence-corrected chi connectivity index (χ4v) is 1.87. The van der Waals surface area contributed by atoms with Crippen LogP contribution in [0.4, 0.5) is 0 Å². The number of carbonyl (C=O) groups is 1. The number of oxazole rings is 1. The summed E-state index contributed by atoms with van der Waals surface area (Å²) in [6.45, 7) is 8.00. The van der Waals surface area contributed by atoms with Crippen molar-refractivity contribution >= 4 is 5.97 Å². The zero-order valence-electron chi connectivity index (χ0n) is 12.6. The molecule has 2 aromatic rings. The SMILES string of the molecule is Cc1c(OCc2ncc(C(C)(C)C)o2)cccc1C(=O)O. The lowest BCUT2D eigenvalue weighted by Crippen LogP contribution is -2.09. The third-order valence-corrected chi connectivity index (χ3v) is 3.16. The van der Waals surface area contributed by atoms with Crippen LogP contribution < -0.4 is 4.74 Å². The molecule has 1 N–H and O–H groups in total. The first-order chi connectivity index (χ1) is 9.79. The summed E-state index contributed by atoms with van der Waals surface area (Å²) in [5, 5.41) is 9.08. The van der Waals surface area contributed by atoms with E-state index in [9.17, 15) is 4.79 Å². The third-order valence-electron chi connectivity index (χ3n) is 3.16. The van der Waals surface area contributed by atoms with E-state index in [1.807, 2.05) is 20.8 Å². The zero-order valence-corrected chi connectivity index (χ0v) is 12.6. The molecular formula is C16H19NO4. The molecule has 0 aliphatic carbocycles. The van der Waals surface area contributed by atoms with E-state index in [1.54, 1.807) is 31.3 Å². The standard InChI is InChI=1S/C16H19NO4/c1-10-11(15(18)19)6-5-7-12(10)20-9-14-17-8-13(21-14)16(2,3)4/h5-8H,9H2,1-4H3,(H,18,19). The smallest absolute Gasteiger partial charge is 0.336 e. The van der Waals surface area contributed by atoms with Crippen LogP contribution in [0.5, 0.6) is 5.75 Å². The van der Waals surface area contributed by atoms with Gasteiger partial charge in [0.15, 0.2) is 6.61 Å². The van der Waals surface area contributed by atoms with E-state index in [0.717, 1.165) is 5.76 Å². The van der Waals surface area contributed by atoms with E-state index in [0.29, 0.717) is 17.2 Å². The van der Waals surface area contributed by atoms with Crippen molar-refractivity contribution in [3.05, 3.63) is 47.2 Å². The monoisotopic (exact) mass is 289 g/mol. The molecule has 5 heteroatoms. The van der Waals surface area contributed by atoms with Gasteiger partial charge in [0.2, 0.25) is 5.89 Å². The largest absolute Gasteiger partial charge is 0.484 e. The maximum Gasteiger partial charge on any atom is 0.336 e. The maximum absolute atomic E-state index is 11.1. The number of aromatic nitrogens is 1. The number of benzene rings is 1. The number of aromatic carboxylic acids is 1. The zero-order chi connectivity index (χ0) is 15.6. The van der Waals surface area contributed by atoms with E-state index in [4.69, 9.17) is 14.3 Å². The molecule has 1 heterocycles. The van der Waals surface area contributed by atoms with Crippen LogP contribution in [-0.4, -0.2) is 16.1 Å². The minimum absolute atomic E-state index is 0.107. The summed E-state index contributed by atoms with van der Waals surface area (Å²) in [6, 6.07) is 4.94.